The van der Waals surface area contributed by atoms with Crippen molar-refractivity contribution in [3.63, 3.8) is 0 Å². The molecule has 2 aliphatic heterocycles. The van der Waals surface area contributed by atoms with Crippen molar-refractivity contribution in [1.29, 1.82) is 0 Å². The van der Waals surface area contributed by atoms with Crippen LogP contribution < -0.4 is 5.32 Å². The largest absolute Gasteiger partial charge is 0.354 e. The van der Waals surface area contributed by atoms with E-state index in [2.05, 4.69) is 34.6 Å². The predicted molar refractivity (Wildman–Crippen MR) is 203 cm³/mol. The standard InChI is InChI=1S/C44H44N4O4/c49-40(38-16-8-22-47(38)41(50)26-29-10-3-1-4-11-29)25-31-18-21-37-36(24-31)35-15-7-14-32-28-33(19-20-34(32)43(35)46-37)45-44(52)39-17-9-23-48(39)42(51)27-30-12-5-2-6-13-30/h1-6,10-13,18-21,24,28,38-39,46H,7-9,14-17,22-23,25-27H2,(H,45,52)/t38-,39-/m0/s1. The number of hydrogen-bond donors (Lipinski definition) is 2. The number of aromatic amines is 1. The van der Waals surface area contributed by atoms with Crippen LogP contribution in [0.2, 0.25) is 0 Å². The Morgan fingerprint density at radius 1 is 0.654 bits per heavy atom. The molecule has 1 aromatic heterocycles. The monoisotopic (exact) mass is 692 g/mol. The predicted octanol–water partition coefficient (Wildman–Crippen LogP) is 6.84. The molecule has 0 radical (unpaired) electrons. The van der Waals surface area contributed by atoms with Crippen molar-refractivity contribution in [2.75, 3.05) is 18.4 Å². The van der Waals surface area contributed by atoms with Gasteiger partial charge in [0.15, 0.2) is 5.78 Å². The van der Waals surface area contributed by atoms with Crippen molar-refractivity contribution in [1.82, 2.24) is 14.8 Å². The lowest BCUT2D eigenvalue weighted by atomic mass is 9.98. The number of aromatic nitrogens is 1. The van der Waals surface area contributed by atoms with Crippen LogP contribution in [0.5, 0.6) is 0 Å². The van der Waals surface area contributed by atoms with Crippen LogP contribution in [0.3, 0.4) is 0 Å². The molecule has 2 atom stereocenters. The lowest BCUT2D eigenvalue weighted by Gasteiger charge is -2.24. The molecule has 0 bridgehead atoms. The summed E-state index contributed by atoms with van der Waals surface area (Å²) in [5, 5.41) is 4.26. The average Bonchev–Trinajstić information content (AvgIpc) is 3.90. The Hall–Kier alpha value is -5.50. The second-order valence-corrected chi connectivity index (χ2v) is 14.5. The quantitative estimate of drug-likeness (QED) is 0.177. The van der Waals surface area contributed by atoms with E-state index in [0.29, 0.717) is 45.2 Å². The number of carbonyl (C=O) groups excluding carboxylic acids is 4. The smallest absolute Gasteiger partial charge is 0.247 e. The van der Waals surface area contributed by atoms with Crippen molar-refractivity contribution >= 4 is 40.1 Å². The number of H-pyrrole nitrogens is 1. The number of fused-ring (bicyclic) bond motifs is 5. The fraction of sp³-hybridized carbons (Fsp3) is 0.318. The highest BCUT2D eigenvalue weighted by atomic mass is 16.2. The molecule has 2 fully saturated rings. The first-order valence-corrected chi connectivity index (χ1v) is 18.7. The minimum atomic E-state index is -0.470. The van der Waals surface area contributed by atoms with Gasteiger partial charge in [-0.1, -0.05) is 72.8 Å². The van der Waals surface area contributed by atoms with Crippen LogP contribution >= 0.6 is 0 Å². The molecule has 52 heavy (non-hydrogen) atoms. The summed E-state index contributed by atoms with van der Waals surface area (Å²) in [5.41, 5.74) is 9.30. The third kappa shape index (κ3) is 6.90. The van der Waals surface area contributed by atoms with Crippen LogP contribution in [-0.2, 0) is 51.3 Å². The molecule has 2 N–H and O–H groups in total. The van der Waals surface area contributed by atoms with Gasteiger partial charge >= 0.3 is 0 Å². The number of aryl methyl sites for hydroxylation is 2. The van der Waals surface area contributed by atoms with Gasteiger partial charge in [-0.2, -0.15) is 0 Å². The van der Waals surface area contributed by atoms with Crippen molar-refractivity contribution in [2.24, 2.45) is 0 Å². The lowest BCUT2D eigenvalue weighted by molar-refractivity contribution is -0.136. The van der Waals surface area contributed by atoms with Crippen molar-refractivity contribution in [2.45, 2.75) is 76.3 Å². The van der Waals surface area contributed by atoms with Gasteiger partial charge < -0.3 is 20.1 Å². The fourth-order valence-electron chi connectivity index (χ4n) is 8.50. The molecule has 8 heteroatoms. The number of anilines is 1. The number of nitrogens with one attached hydrogen (secondary N) is 2. The maximum Gasteiger partial charge on any atom is 0.247 e. The molecule has 8 rings (SSSR count). The van der Waals surface area contributed by atoms with Gasteiger partial charge in [-0.3, -0.25) is 19.2 Å². The molecular formula is C44H44N4O4. The minimum Gasteiger partial charge on any atom is -0.354 e. The first-order chi connectivity index (χ1) is 25.4. The zero-order valence-corrected chi connectivity index (χ0v) is 29.4. The van der Waals surface area contributed by atoms with Gasteiger partial charge in [-0.05, 0) is 97.0 Å². The first-order valence-electron chi connectivity index (χ1n) is 18.7. The SMILES string of the molecule is O=C(Cc1ccc2[nH]c3c(c2c1)CCCc1cc(NC(=O)[C@@H]2CCCN2C(=O)Cc2ccccc2)ccc1-3)[C@@H]1CCCN1C(=O)Cc1ccccc1. The number of rotatable bonds is 9. The molecule has 264 valence electrons. The van der Waals surface area contributed by atoms with Crippen molar-refractivity contribution < 1.29 is 19.2 Å². The van der Waals surface area contributed by atoms with Gasteiger partial charge in [0, 0.05) is 47.4 Å². The second kappa shape index (κ2) is 14.6. The Labute approximate surface area is 304 Å². The van der Waals surface area contributed by atoms with Crippen LogP contribution in [0, 0.1) is 0 Å². The van der Waals surface area contributed by atoms with Gasteiger partial charge in [0.25, 0.3) is 0 Å². The van der Waals surface area contributed by atoms with E-state index in [1.807, 2.05) is 72.8 Å². The van der Waals surface area contributed by atoms with Crippen molar-refractivity contribution in [3.8, 4) is 11.3 Å². The molecule has 4 aromatic carbocycles. The number of Topliss-reactive ketones (excluding diaryl/α,β-unsaturated/α-hetero) is 1. The Morgan fingerprint density at radius 2 is 1.31 bits per heavy atom. The van der Waals surface area contributed by atoms with Gasteiger partial charge in [-0.15, -0.1) is 0 Å². The Morgan fingerprint density at radius 3 is 2.00 bits per heavy atom. The van der Waals surface area contributed by atoms with Gasteiger partial charge in [-0.25, -0.2) is 0 Å². The summed E-state index contributed by atoms with van der Waals surface area (Å²) in [6, 6.07) is 30.9. The highest BCUT2D eigenvalue weighted by Crippen LogP contribution is 2.38. The lowest BCUT2D eigenvalue weighted by Crippen LogP contribution is -2.43. The van der Waals surface area contributed by atoms with E-state index in [1.165, 1.54) is 11.1 Å². The van der Waals surface area contributed by atoms with Crippen LogP contribution in [0.4, 0.5) is 5.69 Å². The van der Waals surface area contributed by atoms with Gasteiger partial charge in [0.05, 0.1) is 18.9 Å². The van der Waals surface area contributed by atoms with E-state index in [-0.39, 0.29) is 29.5 Å². The van der Waals surface area contributed by atoms with Crippen LogP contribution in [0.25, 0.3) is 22.2 Å². The second-order valence-electron chi connectivity index (χ2n) is 14.5. The van der Waals surface area contributed by atoms with Crippen LogP contribution in [-0.4, -0.2) is 63.5 Å². The number of amides is 3. The number of ketones is 1. The third-order valence-corrected chi connectivity index (χ3v) is 11.1. The molecule has 0 unspecified atom stereocenters. The summed E-state index contributed by atoms with van der Waals surface area (Å²) in [7, 11) is 0. The zero-order chi connectivity index (χ0) is 35.6. The molecular weight excluding hydrogens is 649 g/mol. The van der Waals surface area contributed by atoms with E-state index in [1.54, 1.807) is 9.80 Å². The maximum atomic E-state index is 13.6. The fourth-order valence-corrected chi connectivity index (χ4v) is 8.50. The topological polar surface area (TPSA) is 103 Å². The highest BCUT2D eigenvalue weighted by Gasteiger charge is 2.35. The molecule has 8 nitrogen and oxygen atoms in total. The van der Waals surface area contributed by atoms with E-state index >= 15 is 0 Å². The van der Waals surface area contributed by atoms with Crippen LogP contribution in [0.1, 0.15) is 59.9 Å². The molecule has 3 heterocycles. The molecule has 3 amide bonds. The number of likely N-dealkylation sites (tertiary alicyclic amines) is 2. The van der Waals surface area contributed by atoms with E-state index < -0.39 is 6.04 Å². The number of nitrogens with zero attached hydrogens (tertiary/aromatic N) is 2. The zero-order valence-electron chi connectivity index (χ0n) is 29.4. The summed E-state index contributed by atoms with van der Waals surface area (Å²) in [6.07, 6.45) is 6.67. The van der Waals surface area contributed by atoms with Crippen molar-refractivity contribution in [3.05, 3.63) is 125 Å². The Bertz CT molecular complexity index is 2140. The first kappa shape index (κ1) is 33.6. The summed E-state index contributed by atoms with van der Waals surface area (Å²) in [6.45, 7) is 1.23. The van der Waals surface area contributed by atoms with E-state index in [0.717, 1.165) is 76.6 Å². The number of hydrogen-bond acceptors (Lipinski definition) is 4. The molecule has 1 aliphatic carbocycles. The summed E-state index contributed by atoms with van der Waals surface area (Å²) < 4.78 is 0. The Kier molecular flexibility index (Phi) is 9.46. The summed E-state index contributed by atoms with van der Waals surface area (Å²) in [4.78, 5) is 60.6. The number of carbonyl (C=O) groups is 4. The average molecular weight is 693 g/mol. The van der Waals surface area contributed by atoms with Gasteiger partial charge in [0.1, 0.15) is 6.04 Å². The molecule has 2 saturated heterocycles. The summed E-state index contributed by atoms with van der Waals surface area (Å²) in [5.74, 6) is -0.0355. The summed E-state index contributed by atoms with van der Waals surface area (Å²) >= 11 is 0. The third-order valence-electron chi connectivity index (χ3n) is 11.1. The van der Waals surface area contributed by atoms with E-state index in [9.17, 15) is 19.2 Å². The molecule has 3 aliphatic rings. The van der Waals surface area contributed by atoms with E-state index in [4.69, 9.17) is 0 Å². The molecule has 5 aromatic rings. The maximum absolute atomic E-state index is 13.6. The minimum absolute atomic E-state index is 0.0147. The highest BCUT2D eigenvalue weighted by molar-refractivity contribution is 5.99. The Balaban J connectivity index is 0.958. The number of benzene rings is 4. The van der Waals surface area contributed by atoms with Gasteiger partial charge in [0.2, 0.25) is 17.7 Å². The molecule has 0 spiro atoms. The normalized spacial score (nSPS) is 18.2. The van der Waals surface area contributed by atoms with Crippen LogP contribution in [0.15, 0.2) is 97.1 Å². The molecule has 0 saturated carbocycles.